The lowest BCUT2D eigenvalue weighted by molar-refractivity contribution is 0.0951. The van der Waals surface area contributed by atoms with Gasteiger partial charge < -0.3 is 10.6 Å². The van der Waals surface area contributed by atoms with Gasteiger partial charge in [-0.05, 0) is 48.0 Å². The van der Waals surface area contributed by atoms with Crippen LogP contribution < -0.4 is 10.6 Å². The maximum Gasteiger partial charge on any atom is 0.255 e. The van der Waals surface area contributed by atoms with Gasteiger partial charge in [0.2, 0.25) is 0 Å². The maximum atomic E-state index is 13.2. The smallest absolute Gasteiger partial charge is 0.255 e. The molecule has 0 fully saturated rings. The van der Waals surface area contributed by atoms with Gasteiger partial charge in [-0.1, -0.05) is 41.9 Å². The number of carbonyl (C=O) groups is 2. The van der Waals surface area contributed by atoms with E-state index in [2.05, 4.69) is 10.6 Å². The Bertz CT molecular complexity index is 991. The molecule has 136 valence electrons. The number of hydrogen-bond donors (Lipinski definition) is 2. The second-order valence-electron chi connectivity index (χ2n) is 5.82. The Hall–Kier alpha value is -3.18. The van der Waals surface area contributed by atoms with Crippen molar-refractivity contribution in [2.45, 2.75) is 6.54 Å². The van der Waals surface area contributed by atoms with Crippen LogP contribution in [0.15, 0.2) is 72.8 Å². The lowest BCUT2D eigenvalue weighted by atomic mass is 10.1. The quantitative estimate of drug-likeness (QED) is 0.674. The van der Waals surface area contributed by atoms with Crippen molar-refractivity contribution in [3.63, 3.8) is 0 Å². The van der Waals surface area contributed by atoms with E-state index in [1.165, 1.54) is 24.3 Å². The van der Waals surface area contributed by atoms with Gasteiger partial charge in [-0.3, -0.25) is 9.59 Å². The van der Waals surface area contributed by atoms with E-state index in [4.69, 9.17) is 11.6 Å². The van der Waals surface area contributed by atoms with Gasteiger partial charge in [-0.2, -0.15) is 0 Å². The van der Waals surface area contributed by atoms with Crippen molar-refractivity contribution < 1.29 is 14.0 Å². The summed E-state index contributed by atoms with van der Waals surface area (Å²) in [6.45, 7) is 0.276. The molecule has 3 aromatic rings. The van der Waals surface area contributed by atoms with Gasteiger partial charge in [0.15, 0.2) is 0 Å². The second kappa shape index (κ2) is 8.47. The summed E-state index contributed by atoms with van der Waals surface area (Å²) in [5.74, 6) is -1.20. The van der Waals surface area contributed by atoms with Gasteiger partial charge in [-0.15, -0.1) is 0 Å². The van der Waals surface area contributed by atoms with Crippen LogP contribution >= 0.6 is 11.6 Å². The number of hydrogen-bond acceptors (Lipinski definition) is 2. The monoisotopic (exact) mass is 382 g/mol. The molecule has 0 saturated heterocycles. The molecular formula is C21H16ClFN2O2. The van der Waals surface area contributed by atoms with E-state index < -0.39 is 11.7 Å². The highest BCUT2D eigenvalue weighted by atomic mass is 35.5. The van der Waals surface area contributed by atoms with Crippen LogP contribution in [0.1, 0.15) is 26.3 Å². The standard InChI is InChI=1S/C21H16ClFN2O2/c22-19-10-2-1-5-16(19)13-24-20(26)14-6-3-7-15(11-14)21(27)25-18-9-4-8-17(23)12-18/h1-12H,13H2,(H,24,26)(H,25,27). The molecule has 27 heavy (non-hydrogen) atoms. The van der Waals surface area contributed by atoms with Crippen LogP contribution in [0.3, 0.4) is 0 Å². The fourth-order valence-corrected chi connectivity index (χ4v) is 2.69. The van der Waals surface area contributed by atoms with Crippen LogP contribution in [0.4, 0.5) is 10.1 Å². The second-order valence-corrected chi connectivity index (χ2v) is 6.23. The van der Waals surface area contributed by atoms with Gasteiger partial charge in [0.25, 0.3) is 11.8 Å². The third-order valence-electron chi connectivity index (χ3n) is 3.87. The average Bonchev–Trinajstić information content (AvgIpc) is 2.67. The van der Waals surface area contributed by atoms with E-state index in [0.29, 0.717) is 21.8 Å². The fraction of sp³-hybridized carbons (Fsp3) is 0.0476. The van der Waals surface area contributed by atoms with E-state index >= 15 is 0 Å². The first-order valence-corrected chi connectivity index (χ1v) is 8.59. The first-order chi connectivity index (χ1) is 13.0. The van der Waals surface area contributed by atoms with Crippen molar-refractivity contribution >= 4 is 29.1 Å². The Labute approximate surface area is 161 Å². The zero-order valence-corrected chi connectivity index (χ0v) is 15.0. The molecule has 0 bridgehead atoms. The highest BCUT2D eigenvalue weighted by Crippen LogP contribution is 2.15. The molecule has 2 amide bonds. The van der Waals surface area contributed by atoms with E-state index in [1.807, 2.05) is 18.2 Å². The summed E-state index contributed by atoms with van der Waals surface area (Å²) >= 11 is 6.08. The van der Waals surface area contributed by atoms with Crippen molar-refractivity contribution in [3.8, 4) is 0 Å². The summed E-state index contributed by atoms with van der Waals surface area (Å²) in [6.07, 6.45) is 0. The van der Waals surface area contributed by atoms with Gasteiger partial charge in [0.05, 0.1) is 0 Å². The fourth-order valence-electron chi connectivity index (χ4n) is 2.49. The molecule has 0 atom stereocenters. The van der Waals surface area contributed by atoms with E-state index in [-0.39, 0.29) is 12.5 Å². The van der Waals surface area contributed by atoms with E-state index in [9.17, 15) is 14.0 Å². The number of anilines is 1. The third kappa shape index (κ3) is 4.92. The molecule has 0 aromatic heterocycles. The number of amides is 2. The topological polar surface area (TPSA) is 58.2 Å². The molecule has 4 nitrogen and oxygen atoms in total. The molecule has 0 aliphatic carbocycles. The Kier molecular flexibility index (Phi) is 5.84. The third-order valence-corrected chi connectivity index (χ3v) is 4.24. The van der Waals surface area contributed by atoms with Crippen molar-refractivity contribution in [2.24, 2.45) is 0 Å². The van der Waals surface area contributed by atoms with Crippen molar-refractivity contribution in [1.29, 1.82) is 0 Å². The molecule has 6 heteroatoms. The normalized spacial score (nSPS) is 10.3. The van der Waals surface area contributed by atoms with Crippen LogP contribution in [-0.4, -0.2) is 11.8 Å². The largest absolute Gasteiger partial charge is 0.348 e. The summed E-state index contributed by atoms with van der Waals surface area (Å²) in [5.41, 5.74) is 1.78. The molecule has 0 spiro atoms. The number of rotatable bonds is 5. The number of carbonyl (C=O) groups excluding carboxylic acids is 2. The molecule has 3 aromatic carbocycles. The Morgan fingerprint density at radius 2 is 1.56 bits per heavy atom. The number of benzene rings is 3. The summed E-state index contributed by atoms with van der Waals surface area (Å²) in [7, 11) is 0. The predicted octanol–water partition coefficient (Wildman–Crippen LogP) is 4.66. The molecule has 0 aliphatic rings. The van der Waals surface area contributed by atoms with Crippen LogP contribution in [0.5, 0.6) is 0 Å². The average molecular weight is 383 g/mol. The predicted molar refractivity (Wildman–Crippen MR) is 103 cm³/mol. The zero-order chi connectivity index (χ0) is 19.2. The molecular weight excluding hydrogens is 367 g/mol. The van der Waals surface area contributed by atoms with Gasteiger partial charge >= 0.3 is 0 Å². The van der Waals surface area contributed by atoms with Crippen molar-refractivity contribution in [3.05, 3.63) is 100 Å². The van der Waals surface area contributed by atoms with Crippen LogP contribution in [0.2, 0.25) is 5.02 Å². The molecule has 0 unspecified atom stereocenters. The minimum atomic E-state index is -0.444. The van der Waals surface area contributed by atoms with Crippen LogP contribution in [0.25, 0.3) is 0 Å². The molecule has 0 saturated carbocycles. The van der Waals surface area contributed by atoms with Gasteiger partial charge in [0, 0.05) is 28.4 Å². The van der Waals surface area contributed by atoms with Gasteiger partial charge in [-0.25, -0.2) is 4.39 Å². The SMILES string of the molecule is O=C(NCc1ccccc1Cl)c1cccc(C(=O)Nc2cccc(F)c2)c1. The highest BCUT2D eigenvalue weighted by molar-refractivity contribution is 6.31. The lowest BCUT2D eigenvalue weighted by Gasteiger charge is -2.09. The Balaban J connectivity index is 1.68. The highest BCUT2D eigenvalue weighted by Gasteiger charge is 2.11. The Morgan fingerprint density at radius 1 is 0.852 bits per heavy atom. The zero-order valence-electron chi connectivity index (χ0n) is 14.2. The minimum Gasteiger partial charge on any atom is -0.348 e. The van der Waals surface area contributed by atoms with E-state index in [0.717, 1.165) is 5.56 Å². The first-order valence-electron chi connectivity index (χ1n) is 8.21. The minimum absolute atomic E-state index is 0.276. The lowest BCUT2D eigenvalue weighted by Crippen LogP contribution is -2.23. The van der Waals surface area contributed by atoms with Gasteiger partial charge in [0.1, 0.15) is 5.82 Å². The summed E-state index contributed by atoms with van der Waals surface area (Å²) in [6, 6.07) is 19.1. The summed E-state index contributed by atoms with van der Waals surface area (Å²) < 4.78 is 13.2. The number of nitrogens with one attached hydrogen (secondary N) is 2. The van der Waals surface area contributed by atoms with Crippen LogP contribution in [0, 0.1) is 5.82 Å². The summed E-state index contributed by atoms with van der Waals surface area (Å²) in [5, 5.41) is 5.95. The molecule has 3 rings (SSSR count). The summed E-state index contributed by atoms with van der Waals surface area (Å²) in [4.78, 5) is 24.7. The van der Waals surface area contributed by atoms with E-state index in [1.54, 1.807) is 30.3 Å². The van der Waals surface area contributed by atoms with Crippen LogP contribution in [-0.2, 0) is 6.54 Å². The Morgan fingerprint density at radius 3 is 2.30 bits per heavy atom. The first kappa shape index (κ1) is 18.6. The van der Waals surface area contributed by atoms with Crippen molar-refractivity contribution in [2.75, 3.05) is 5.32 Å². The molecule has 0 heterocycles. The number of halogens is 2. The molecule has 0 aliphatic heterocycles. The van der Waals surface area contributed by atoms with Crippen molar-refractivity contribution in [1.82, 2.24) is 5.32 Å². The molecule has 0 radical (unpaired) electrons. The molecule has 2 N–H and O–H groups in total. The maximum absolute atomic E-state index is 13.2.